The van der Waals surface area contributed by atoms with Gasteiger partial charge < -0.3 is 13.9 Å². The van der Waals surface area contributed by atoms with Gasteiger partial charge in [0.05, 0.1) is 19.6 Å². The second kappa shape index (κ2) is 7.15. The second-order valence-electron chi connectivity index (χ2n) is 5.31. The van der Waals surface area contributed by atoms with Crippen LogP contribution in [0.1, 0.15) is 30.7 Å². The summed E-state index contributed by atoms with van der Waals surface area (Å²) in [5.41, 5.74) is 1.04. The molecule has 0 aliphatic heterocycles. The molecule has 1 aliphatic carbocycles. The van der Waals surface area contributed by atoms with E-state index in [9.17, 15) is 0 Å². The molecule has 3 rings (SSSR count). The SMILES string of the molecule is COc1ccccc1Cc1nnc(S[C@H]2CCC[C@@H]2OC)o1. The van der Waals surface area contributed by atoms with Gasteiger partial charge in [0, 0.05) is 17.9 Å². The molecule has 1 aliphatic rings. The molecule has 0 amide bonds. The third kappa shape index (κ3) is 3.44. The monoisotopic (exact) mass is 320 g/mol. The van der Waals surface area contributed by atoms with Crippen molar-refractivity contribution in [3.05, 3.63) is 35.7 Å². The predicted octanol–water partition coefficient (Wildman–Crippen LogP) is 3.33. The molecule has 22 heavy (non-hydrogen) atoms. The van der Waals surface area contributed by atoms with Gasteiger partial charge in [-0.15, -0.1) is 10.2 Å². The summed E-state index contributed by atoms with van der Waals surface area (Å²) in [6.45, 7) is 0. The Labute approximate surface area is 134 Å². The van der Waals surface area contributed by atoms with Crippen LogP contribution in [0.5, 0.6) is 5.75 Å². The van der Waals surface area contributed by atoms with Gasteiger partial charge in [0.15, 0.2) is 0 Å². The lowest BCUT2D eigenvalue weighted by molar-refractivity contribution is 0.113. The number of nitrogens with zero attached hydrogens (tertiary/aromatic N) is 2. The molecule has 1 heterocycles. The lowest BCUT2D eigenvalue weighted by Crippen LogP contribution is -2.18. The largest absolute Gasteiger partial charge is 0.496 e. The van der Waals surface area contributed by atoms with Gasteiger partial charge in [0.2, 0.25) is 5.89 Å². The predicted molar refractivity (Wildman–Crippen MR) is 84.4 cm³/mol. The number of para-hydroxylation sites is 1. The quantitative estimate of drug-likeness (QED) is 0.814. The van der Waals surface area contributed by atoms with Crippen LogP contribution in [-0.4, -0.2) is 35.8 Å². The molecule has 5 nitrogen and oxygen atoms in total. The molecule has 0 radical (unpaired) electrons. The van der Waals surface area contributed by atoms with Crippen molar-refractivity contribution in [1.29, 1.82) is 0 Å². The van der Waals surface area contributed by atoms with Crippen molar-refractivity contribution in [1.82, 2.24) is 10.2 Å². The molecule has 0 N–H and O–H groups in total. The summed E-state index contributed by atoms with van der Waals surface area (Å²) in [5.74, 6) is 1.45. The van der Waals surface area contributed by atoms with E-state index in [1.165, 1.54) is 6.42 Å². The molecule has 1 saturated carbocycles. The highest BCUT2D eigenvalue weighted by molar-refractivity contribution is 7.99. The van der Waals surface area contributed by atoms with Crippen molar-refractivity contribution < 1.29 is 13.9 Å². The number of thioether (sulfide) groups is 1. The summed E-state index contributed by atoms with van der Waals surface area (Å²) in [6, 6.07) is 7.87. The van der Waals surface area contributed by atoms with Crippen LogP contribution in [0.2, 0.25) is 0 Å². The number of rotatable bonds is 6. The van der Waals surface area contributed by atoms with Gasteiger partial charge in [-0.3, -0.25) is 0 Å². The Bertz CT molecular complexity index is 617. The first-order chi connectivity index (χ1) is 10.8. The summed E-state index contributed by atoms with van der Waals surface area (Å²) >= 11 is 1.63. The molecule has 0 bridgehead atoms. The Hall–Kier alpha value is -1.53. The maximum Gasteiger partial charge on any atom is 0.276 e. The van der Waals surface area contributed by atoms with Crippen molar-refractivity contribution >= 4 is 11.8 Å². The molecule has 2 atom stereocenters. The number of hydrogen-bond acceptors (Lipinski definition) is 6. The number of hydrogen-bond donors (Lipinski definition) is 0. The molecule has 118 valence electrons. The summed E-state index contributed by atoms with van der Waals surface area (Å²) in [6.07, 6.45) is 4.30. The maximum atomic E-state index is 5.77. The van der Waals surface area contributed by atoms with E-state index in [0.717, 1.165) is 24.2 Å². The van der Waals surface area contributed by atoms with Gasteiger partial charge in [0.1, 0.15) is 5.75 Å². The van der Waals surface area contributed by atoms with E-state index in [1.807, 2.05) is 24.3 Å². The zero-order valence-corrected chi connectivity index (χ0v) is 13.6. The fourth-order valence-electron chi connectivity index (χ4n) is 2.80. The molecule has 0 unspecified atom stereocenters. The summed E-state index contributed by atoms with van der Waals surface area (Å²) < 4.78 is 16.6. The molecular formula is C16H20N2O3S. The van der Waals surface area contributed by atoms with E-state index in [-0.39, 0.29) is 6.10 Å². The number of methoxy groups -OCH3 is 2. The minimum absolute atomic E-state index is 0.287. The minimum Gasteiger partial charge on any atom is -0.496 e. The van der Waals surface area contributed by atoms with E-state index in [0.29, 0.717) is 22.8 Å². The van der Waals surface area contributed by atoms with Crippen LogP contribution in [0.25, 0.3) is 0 Å². The third-order valence-electron chi connectivity index (χ3n) is 3.93. The number of ether oxygens (including phenoxy) is 2. The third-order valence-corrected chi connectivity index (χ3v) is 5.14. The van der Waals surface area contributed by atoms with E-state index in [4.69, 9.17) is 13.9 Å². The Morgan fingerprint density at radius 2 is 2.09 bits per heavy atom. The lowest BCUT2D eigenvalue weighted by Gasteiger charge is -2.14. The van der Waals surface area contributed by atoms with Crippen molar-refractivity contribution in [2.24, 2.45) is 0 Å². The van der Waals surface area contributed by atoms with Crippen LogP contribution in [0.3, 0.4) is 0 Å². The normalized spacial score (nSPS) is 21.2. The van der Waals surface area contributed by atoms with Crippen LogP contribution in [0.4, 0.5) is 0 Å². The second-order valence-corrected chi connectivity index (χ2v) is 6.50. The first-order valence-electron chi connectivity index (χ1n) is 7.44. The van der Waals surface area contributed by atoms with Gasteiger partial charge in [0.25, 0.3) is 5.22 Å². The lowest BCUT2D eigenvalue weighted by atomic mass is 10.1. The molecule has 2 aromatic rings. The van der Waals surface area contributed by atoms with Crippen molar-refractivity contribution in [3.8, 4) is 5.75 Å². The fraction of sp³-hybridized carbons (Fsp3) is 0.500. The van der Waals surface area contributed by atoms with Crippen LogP contribution in [0.15, 0.2) is 33.9 Å². The van der Waals surface area contributed by atoms with E-state index >= 15 is 0 Å². The maximum absolute atomic E-state index is 5.77. The van der Waals surface area contributed by atoms with Crippen LogP contribution in [0, 0.1) is 0 Å². The first kappa shape index (κ1) is 15.4. The van der Waals surface area contributed by atoms with Gasteiger partial charge >= 0.3 is 0 Å². The highest BCUT2D eigenvalue weighted by atomic mass is 32.2. The molecule has 1 fully saturated rings. The Balaban J connectivity index is 1.66. The average Bonchev–Trinajstić information content (AvgIpc) is 3.17. The van der Waals surface area contributed by atoms with Crippen molar-refractivity contribution in [2.75, 3.05) is 14.2 Å². The van der Waals surface area contributed by atoms with Gasteiger partial charge in [-0.25, -0.2) is 0 Å². The van der Waals surface area contributed by atoms with Gasteiger partial charge in [-0.1, -0.05) is 30.0 Å². The van der Waals surface area contributed by atoms with E-state index < -0.39 is 0 Å². The standard InChI is InChI=1S/C16H20N2O3S/c1-19-12-7-4-3-6-11(12)10-15-17-18-16(21-15)22-14-9-5-8-13(14)20-2/h3-4,6-7,13-14H,5,8-10H2,1-2H3/t13-,14-/m0/s1. The minimum atomic E-state index is 0.287. The first-order valence-corrected chi connectivity index (χ1v) is 8.32. The van der Waals surface area contributed by atoms with Crippen LogP contribution in [-0.2, 0) is 11.2 Å². The van der Waals surface area contributed by atoms with E-state index in [2.05, 4.69) is 10.2 Å². The zero-order chi connectivity index (χ0) is 15.4. The topological polar surface area (TPSA) is 57.4 Å². The number of aromatic nitrogens is 2. The fourth-order valence-corrected chi connectivity index (χ4v) is 3.97. The zero-order valence-electron chi connectivity index (χ0n) is 12.8. The van der Waals surface area contributed by atoms with Crippen molar-refractivity contribution in [3.63, 3.8) is 0 Å². The van der Waals surface area contributed by atoms with E-state index in [1.54, 1.807) is 26.0 Å². The molecular weight excluding hydrogens is 300 g/mol. The smallest absolute Gasteiger partial charge is 0.276 e. The summed E-state index contributed by atoms with van der Waals surface area (Å²) in [5, 5.41) is 9.33. The molecule has 1 aromatic heterocycles. The Morgan fingerprint density at radius 1 is 1.23 bits per heavy atom. The highest BCUT2D eigenvalue weighted by Gasteiger charge is 2.29. The molecule has 0 spiro atoms. The Morgan fingerprint density at radius 3 is 2.91 bits per heavy atom. The molecule has 6 heteroatoms. The van der Waals surface area contributed by atoms with Crippen molar-refractivity contribution in [2.45, 2.75) is 42.3 Å². The molecule has 0 saturated heterocycles. The van der Waals surface area contributed by atoms with Gasteiger partial charge in [-0.05, 0) is 25.3 Å². The Kier molecular flexibility index (Phi) is 5.00. The van der Waals surface area contributed by atoms with Crippen LogP contribution < -0.4 is 4.74 Å². The highest BCUT2D eigenvalue weighted by Crippen LogP contribution is 2.36. The van der Waals surface area contributed by atoms with Crippen LogP contribution >= 0.6 is 11.8 Å². The number of benzene rings is 1. The summed E-state index contributed by atoms with van der Waals surface area (Å²) in [7, 11) is 3.43. The average molecular weight is 320 g/mol. The van der Waals surface area contributed by atoms with Gasteiger partial charge in [-0.2, -0.15) is 0 Å². The molecule has 1 aromatic carbocycles. The summed E-state index contributed by atoms with van der Waals surface area (Å²) in [4.78, 5) is 0.